The van der Waals surface area contributed by atoms with E-state index >= 15 is 0 Å². The highest BCUT2D eigenvalue weighted by Crippen LogP contribution is 2.27. The normalized spacial score (nSPS) is 26.4. The number of methoxy groups -OCH3 is 1. The van der Waals surface area contributed by atoms with Crippen LogP contribution < -0.4 is 19.3 Å². The molecule has 1 aliphatic heterocycles. The summed E-state index contributed by atoms with van der Waals surface area (Å²) in [5.74, 6) is 2.62. The molecule has 0 bridgehead atoms. The summed E-state index contributed by atoms with van der Waals surface area (Å²) in [6.45, 7) is 10.3. The Morgan fingerprint density at radius 3 is 2.52 bits per heavy atom. The van der Waals surface area contributed by atoms with E-state index in [1.54, 1.807) is 12.0 Å². The van der Waals surface area contributed by atoms with Gasteiger partial charge in [-0.25, -0.2) is 0 Å². The number of hydrogen-bond donors (Lipinski definition) is 2. The Morgan fingerprint density at radius 2 is 1.84 bits per heavy atom. The fraction of sp³-hybridized carbons (Fsp3) is 0.619. The third-order valence-electron chi connectivity index (χ3n) is 5.60. The SMILES string of the molecule is CCOc1cc(C[NH+]2CC[NH+](CC3CC=CCC3)CC2)ccc1OC. The number of allylic oxidation sites excluding steroid dienone is 2. The van der Waals surface area contributed by atoms with Crippen molar-refractivity contribution in [2.24, 2.45) is 5.92 Å². The molecule has 1 heterocycles. The van der Waals surface area contributed by atoms with Gasteiger partial charge in [0, 0.05) is 11.5 Å². The van der Waals surface area contributed by atoms with Crippen molar-refractivity contribution in [3.8, 4) is 11.5 Å². The van der Waals surface area contributed by atoms with Crippen LogP contribution in [0.3, 0.4) is 0 Å². The van der Waals surface area contributed by atoms with Crippen molar-refractivity contribution >= 4 is 0 Å². The fourth-order valence-electron chi connectivity index (χ4n) is 4.18. The van der Waals surface area contributed by atoms with Gasteiger partial charge >= 0.3 is 0 Å². The van der Waals surface area contributed by atoms with Crippen molar-refractivity contribution in [3.05, 3.63) is 35.9 Å². The van der Waals surface area contributed by atoms with E-state index in [4.69, 9.17) is 9.47 Å². The lowest BCUT2D eigenvalue weighted by Crippen LogP contribution is -3.27. The molecule has 1 aromatic rings. The van der Waals surface area contributed by atoms with E-state index in [-0.39, 0.29) is 0 Å². The van der Waals surface area contributed by atoms with Gasteiger partial charge in [-0.2, -0.15) is 0 Å². The molecule has 1 fully saturated rings. The Bertz CT molecular complexity index is 565. The van der Waals surface area contributed by atoms with Crippen LogP contribution in [0.5, 0.6) is 11.5 Å². The van der Waals surface area contributed by atoms with Gasteiger partial charge in [0.05, 0.1) is 20.3 Å². The minimum atomic E-state index is 0.672. The number of piperazine rings is 1. The van der Waals surface area contributed by atoms with Crippen molar-refractivity contribution in [2.45, 2.75) is 32.7 Å². The lowest BCUT2D eigenvalue weighted by atomic mass is 9.94. The summed E-state index contributed by atoms with van der Waals surface area (Å²) in [6, 6.07) is 6.38. The molecule has 1 unspecified atom stereocenters. The van der Waals surface area contributed by atoms with Gasteiger partial charge in [0.25, 0.3) is 0 Å². The monoisotopic (exact) mass is 346 g/mol. The summed E-state index contributed by atoms with van der Waals surface area (Å²) in [4.78, 5) is 3.51. The molecule has 0 spiro atoms. The second-order valence-electron chi connectivity index (χ2n) is 7.45. The summed E-state index contributed by atoms with van der Waals surface area (Å²) in [6.07, 6.45) is 8.71. The van der Waals surface area contributed by atoms with E-state index in [1.807, 2.05) is 17.9 Å². The maximum absolute atomic E-state index is 5.72. The first-order chi connectivity index (χ1) is 12.3. The molecule has 3 rings (SSSR count). The third-order valence-corrected chi connectivity index (χ3v) is 5.60. The van der Waals surface area contributed by atoms with E-state index in [9.17, 15) is 0 Å². The van der Waals surface area contributed by atoms with Crippen molar-refractivity contribution < 1.29 is 19.3 Å². The molecule has 2 N–H and O–H groups in total. The molecule has 0 amide bonds. The minimum absolute atomic E-state index is 0.672. The van der Waals surface area contributed by atoms with E-state index in [2.05, 4.69) is 24.3 Å². The smallest absolute Gasteiger partial charge is 0.161 e. The maximum atomic E-state index is 5.72. The number of nitrogens with one attached hydrogen (secondary N) is 2. The summed E-state index contributed by atoms with van der Waals surface area (Å²) in [5.41, 5.74) is 1.35. The first kappa shape index (κ1) is 18.3. The average molecular weight is 347 g/mol. The van der Waals surface area contributed by atoms with Gasteiger partial charge in [0.1, 0.15) is 32.7 Å². The molecule has 1 atom stereocenters. The van der Waals surface area contributed by atoms with E-state index in [1.165, 1.54) is 57.5 Å². The molecule has 0 saturated carbocycles. The predicted molar refractivity (Wildman–Crippen MR) is 101 cm³/mol. The number of ether oxygens (including phenoxy) is 2. The fourth-order valence-corrected chi connectivity index (χ4v) is 4.18. The Balaban J connectivity index is 1.48. The van der Waals surface area contributed by atoms with Crippen LogP contribution in [0.4, 0.5) is 0 Å². The Labute approximate surface area is 152 Å². The molecule has 25 heavy (non-hydrogen) atoms. The van der Waals surface area contributed by atoms with Gasteiger partial charge in [-0.05, 0) is 44.4 Å². The number of benzene rings is 1. The van der Waals surface area contributed by atoms with Gasteiger partial charge in [0.15, 0.2) is 11.5 Å². The molecule has 4 nitrogen and oxygen atoms in total. The molecule has 0 radical (unpaired) electrons. The number of rotatable bonds is 7. The number of quaternary nitrogens is 2. The van der Waals surface area contributed by atoms with E-state index < -0.39 is 0 Å². The molecular weight excluding hydrogens is 312 g/mol. The lowest BCUT2D eigenvalue weighted by Gasteiger charge is -2.32. The lowest BCUT2D eigenvalue weighted by molar-refractivity contribution is -1.02. The molecule has 4 heteroatoms. The molecular formula is C21H34N2O2+2. The standard InChI is InChI=1S/C21H32N2O2/c1-3-25-21-15-19(9-10-20(21)24-2)17-23-13-11-22(12-14-23)16-18-7-5-4-6-8-18/h4-5,9-10,15,18H,3,6-8,11-14,16-17H2,1-2H3/p+2. The van der Waals surface area contributed by atoms with Crippen molar-refractivity contribution in [2.75, 3.05) is 46.4 Å². The summed E-state index contributed by atoms with van der Waals surface area (Å²) < 4.78 is 11.1. The first-order valence-electron chi connectivity index (χ1n) is 9.90. The molecule has 1 aliphatic carbocycles. The quantitative estimate of drug-likeness (QED) is 0.713. The summed E-state index contributed by atoms with van der Waals surface area (Å²) in [5, 5.41) is 0. The van der Waals surface area contributed by atoms with Gasteiger partial charge in [0.2, 0.25) is 0 Å². The van der Waals surface area contributed by atoms with Gasteiger partial charge in [-0.3, -0.25) is 0 Å². The zero-order valence-corrected chi connectivity index (χ0v) is 15.9. The summed E-state index contributed by atoms with van der Waals surface area (Å²) in [7, 11) is 1.70. The van der Waals surface area contributed by atoms with E-state index in [0.717, 1.165) is 24.0 Å². The van der Waals surface area contributed by atoms with Crippen molar-refractivity contribution in [1.29, 1.82) is 0 Å². The van der Waals surface area contributed by atoms with Crippen LogP contribution in [0.15, 0.2) is 30.4 Å². The number of hydrogen-bond acceptors (Lipinski definition) is 2. The molecule has 138 valence electrons. The average Bonchev–Trinajstić information content (AvgIpc) is 2.65. The summed E-state index contributed by atoms with van der Waals surface area (Å²) >= 11 is 0. The van der Waals surface area contributed by atoms with Crippen LogP contribution in [0.25, 0.3) is 0 Å². The molecule has 1 aromatic carbocycles. The predicted octanol–water partition coefficient (Wildman–Crippen LogP) is 0.734. The van der Waals surface area contributed by atoms with Crippen LogP contribution in [0.1, 0.15) is 31.7 Å². The molecule has 0 aromatic heterocycles. The van der Waals surface area contributed by atoms with Gasteiger partial charge < -0.3 is 19.3 Å². The molecule has 1 saturated heterocycles. The van der Waals surface area contributed by atoms with Crippen LogP contribution in [0.2, 0.25) is 0 Å². The third kappa shape index (κ3) is 5.23. The Hall–Kier alpha value is -1.52. The Kier molecular flexibility index (Phi) is 6.76. The van der Waals surface area contributed by atoms with Crippen LogP contribution in [-0.4, -0.2) is 46.4 Å². The minimum Gasteiger partial charge on any atom is -0.493 e. The zero-order chi connectivity index (χ0) is 17.5. The largest absolute Gasteiger partial charge is 0.493 e. The second kappa shape index (κ2) is 9.25. The highest BCUT2D eigenvalue weighted by atomic mass is 16.5. The second-order valence-corrected chi connectivity index (χ2v) is 7.45. The van der Waals surface area contributed by atoms with E-state index in [0.29, 0.717) is 6.61 Å². The van der Waals surface area contributed by atoms with Gasteiger partial charge in [-0.1, -0.05) is 12.2 Å². The molecule has 2 aliphatic rings. The van der Waals surface area contributed by atoms with Gasteiger partial charge in [-0.15, -0.1) is 0 Å². The van der Waals surface area contributed by atoms with Crippen LogP contribution in [-0.2, 0) is 6.54 Å². The highest BCUT2D eigenvalue weighted by molar-refractivity contribution is 5.42. The highest BCUT2D eigenvalue weighted by Gasteiger charge is 2.25. The van der Waals surface area contributed by atoms with Crippen molar-refractivity contribution in [3.63, 3.8) is 0 Å². The zero-order valence-electron chi connectivity index (χ0n) is 15.9. The Morgan fingerprint density at radius 1 is 1.04 bits per heavy atom. The van der Waals surface area contributed by atoms with Crippen LogP contribution in [0, 0.1) is 5.92 Å². The topological polar surface area (TPSA) is 27.3 Å². The van der Waals surface area contributed by atoms with Crippen molar-refractivity contribution in [1.82, 2.24) is 0 Å². The first-order valence-corrected chi connectivity index (χ1v) is 9.90. The van der Waals surface area contributed by atoms with Crippen LogP contribution >= 0.6 is 0 Å². The maximum Gasteiger partial charge on any atom is 0.161 e.